The highest BCUT2D eigenvalue weighted by molar-refractivity contribution is 5.82. The van der Waals surface area contributed by atoms with Gasteiger partial charge in [-0.15, -0.1) is 0 Å². The van der Waals surface area contributed by atoms with Crippen LogP contribution in [0.3, 0.4) is 0 Å². The molecule has 2 unspecified atom stereocenters. The maximum Gasteiger partial charge on any atom is 0.155 e. The average molecular weight is 224 g/mol. The zero-order valence-corrected chi connectivity index (χ0v) is 11.8. The summed E-state index contributed by atoms with van der Waals surface area (Å²) in [4.78, 5) is 0. The monoisotopic (exact) mass is 224 g/mol. The molecule has 1 heteroatoms. The molecule has 94 valence electrons. The van der Waals surface area contributed by atoms with Crippen molar-refractivity contribution in [3.8, 4) is 0 Å². The Morgan fingerprint density at radius 2 is 2.06 bits per heavy atom. The molecule has 1 aliphatic carbocycles. The summed E-state index contributed by atoms with van der Waals surface area (Å²) in [5, 5.41) is 0. The van der Waals surface area contributed by atoms with E-state index in [0.717, 1.165) is 12.0 Å². The van der Waals surface area contributed by atoms with Gasteiger partial charge in [0.25, 0.3) is 0 Å². The van der Waals surface area contributed by atoms with Crippen LogP contribution >= 0.6 is 0 Å². The summed E-state index contributed by atoms with van der Waals surface area (Å²) in [7, 11) is 0. The molecule has 1 rings (SSSR count). The number of nitrogens with zero attached hydrogens (tertiary/aromatic N) is 1. The Hall–Kier alpha value is -0.330. The van der Waals surface area contributed by atoms with Crippen LogP contribution in [-0.2, 0) is 0 Å². The lowest BCUT2D eigenvalue weighted by Gasteiger charge is -2.23. The Labute approximate surface area is 102 Å². The fraction of sp³-hybridized carbons (Fsp3) is 0.933. The van der Waals surface area contributed by atoms with Crippen LogP contribution in [0.4, 0.5) is 0 Å². The number of unbranched alkanes of at least 4 members (excludes halogenated alkanes) is 1. The maximum absolute atomic E-state index is 2.73. The first-order chi connectivity index (χ1) is 7.70. The summed E-state index contributed by atoms with van der Waals surface area (Å²) in [6, 6.07) is 0.738. The van der Waals surface area contributed by atoms with E-state index in [1.165, 1.54) is 51.5 Å². The molecular weight excluding hydrogens is 194 g/mol. The Bertz CT molecular complexity index is 230. The highest BCUT2D eigenvalue weighted by atomic mass is 15.0. The molecule has 1 saturated carbocycles. The first-order valence-electron chi connectivity index (χ1n) is 7.33. The van der Waals surface area contributed by atoms with Gasteiger partial charge in [-0.2, -0.15) is 0 Å². The van der Waals surface area contributed by atoms with Crippen molar-refractivity contribution in [2.45, 2.75) is 78.7 Å². The second kappa shape index (κ2) is 7.09. The van der Waals surface area contributed by atoms with Gasteiger partial charge in [-0.3, -0.25) is 0 Å². The molecule has 0 aromatic heterocycles. The molecule has 0 radical (unpaired) electrons. The van der Waals surface area contributed by atoms with Crippen molar-refractivity contribution in [2.75, 3.05) is 6.54 Å². The van der Waals surface area contributed by atoms with E-state index in [0.29, 0.717) is 0 Å². The fourth-order valence-corrected chi connectivity index (χ4v) is 2.79. The SMILES string of the molecule is CCCC[N+](=C1CCCCC1C)C(C)CC. The summed E-state index contributed by atoms with van der Waals surface area (Å²) in [5.41, 5.74) is 1.76. The summed E-state index contributed by atoms with van der Waals surface area (Å²) >= 11 is 0. The van der Waals surface area contributed by atoms with Crippen molar-refractivity contribution in [3.05, 3.63) is 0 Å². The molecule has 0 spiro atoms. The van der Waals surface area contributed by atoms with Crippen molar-refractivity contribution >= 4 is 5.71 Å². The standard InChI is InChI=1S/C15H30N/c1-5-7-12-16(14(4)6-2)15-11-9-8-10-13(15)3/h13-14H,5-12H2,1-4H3/q+1. The van der Waals surface area contributed by atoms with Gasteiger partial charge in [-0.05, 0) is 19.8 Å². The third-order valence-electron chi connectivity index (χ3n) is 4.13. The van der Waals surface area contributed by atoms with Crippen LogP contribution in [0.2, 0.25) is 0 Å². The molecule has 2 atom stereocenters. The van der Waals surface area contributed by atoms with E-state index in [1.807, 2.05) is 0 Å². The first kappa shape index (κ1) is 13.7. The third-order valence-corrected chi connectivity index (χ3v) is 4.13. The van der Waals surface area contributed by atoms with Crippen LogP contribution in [-0.4, -0.2) is 22.9 Å². The van der Waals surface area contributed by atoms with Gasteiger partial charge in [0, 0.05) is 25.2 Å². The zero-order valence-electron chi connectivity index (χ0n) is 11.8. The Balaban J connectivity index is 2.81. The number of hydrogen-bond acceptors (Lipinski definition) is 0. The van der Waals surface area contributed by atoms with E-state index in [2.05, 4.69) is 32.3 Å². The van der Waals surface area contributed by atoms with Crippen molar-refractivity contribution in [3.63, 3.8) is 0 Å². The van der Waals surface area contributed by atoms with Gasteiger partial charge in [0.2, 0.25) is 0 Å². The highest BCUT2D eigenvalue weighted by Gasteiger charge is 2.26. The first-order valence-corrected chi connectivity index (χ1v) is 7.33. The van der Waals surface area contributed by atoms with Gasteiger partial charge >= 0.3 is 0 Å². The molecule has 1 aliphatic rings. The van der Waals surface area contributed by atoms with Crippen LogP contribution < -0.4 is 0 Å². The fourth-order valence-electron chi connectivity index (χ4n) is 2.79. The molecule has 0 heterocycles. The molecule has 0 bridgehead atoms. The van der Waals surface area contributed by atoms with Crippen LogP contribution in [0.15, 0.2) is 0 Å². The van der Waals surface area contributed by atoms with Crippen molar-refractivity contribution in [1.82, 2.24) is 0 Å². The molecule has 0 amide bonds. The summed E-state index contributed by atoms with van der Waals surface area (Å²) in [5.74, 6) is 0.833. The zero-order chi connectivity index (χ0) is 12.0. The molecule has 0 aromatic rings. The Morgan fingerprint density at radius 3 is 2.62 bits per heavy atom. The van der Waals surface area contributed by atoms with Gasteiger partial charge in [-0.1, -0.05) is 33.6 Å². The molecule has 0 saturated heterocycles. The minimum Gasteiger partial charge on any atom is -0.234 e. The van der Waals surface area contributed by atoms with E-state index < -0.39 is 0 Å². The molecule has 0 N–H and O–H groups in total. The van der Waals surface area contributed by atoms with E-state index in [1.54, 1.807) is 5.71 Å². The molecule has 1 fully saturated rings. The van der Waals surface area contributed by atoms with Gasteiger partial charge in [-0.25, -0.2) is 4.58 Å². The van der Waals surface area contributed by atoms with Gasteiger partial charge in [0.05, 0.1) is 0 Å². The third kappa shape index (κ3) is 3.61. The highest BCUT2D eigenvalue weighted by Crippen LogP contribution is 2.22. The van der Waals surface area contributed by atoms with Crippen LogP contribution in [0.5, 0.6) is 0 Å². The lowest BCUT2D eigenvalue weighted by molar-refractivity contribution is -0.566. The molecule has 1 nitrogen and oxygen atoms in total. The molecule has 16 heavy (non-hydrogen) atoms. The van der Waals surface area contributed by atoms with Crippen LogP contribution in [0.1, 0.15) is 72.6 Å². The normalized spacial score (nSPS) is 26.6. The number of hydrogen-bond donors (Lipinski definition) is 0. The lowest BCUT2D eigenvalue weighted by atomic mass is 9.88. The largest absolute Gasteiger partial charge is 0.234 e. The minimum atomic E-state index is 0.738. The van der Waals surface area contributed by atoms with E-state index in [9.17, 15) is 0 Å². The molecular formula is C15H30N+. The topological polar surface area (TPSA) is 3.01 Å². The molecule has 0 aromatic carbocycles. The summed E-state index contributed by atoms with van der Waals surface area (Å²) in [6.45, 7) is 10.7. The van der Waals surface area contributed by atoms with E-state index in [4.69, 9.17) is 0 Å². The molecule has 0 aliphatic heterocycles. The number of rotatable bonds is 5. The second-order valence-corrected chi connectivity index (χ2v) is 5.44. The summed E-state index contributed by atoms with van der Waals surface area (Å²) < 4.78 is 2.73. The van der Waals surface area contributed by atoms with Gasteiger partial charge in [0.1, 0.15) is 12.6 Å². The van der Waals surface area contributed by atoms with Gasteiger partial charge in [0.15, 0.2) is 5.71 Å². The smallest absolute Gasteiger partial charge is 0.155 e. The van der Waals surface area contributed by atoms with Crippen molar-refractivity contribution < 1.29 is 4.58 Å². The Kier molecular flexibility index (Phi) is 6.08. The average Bonchev–Trinajstić information content (AvgIpc) is 2.31. The predicted octanol–water partition coefficient (Wildman–Crippen LogP) is 4.25. The predicted molar refractivity (Wildman–Crippen MR) is 72.4 cm³/mol. The van der Waals surface area contributed by atoms with Crippen LogP contribution in [0.25, 0.3) is 0 Å². The van der Waals surface area contributed by atoms with E-state index >= 15 is 0 Å². The Morgan fingerprint density at radius 1 is 1.31 bits per heavy atom. The van der Waals surface area contributed by atoms with Crippen LogP contribution in [0, 0.1) is 5.92 Å². The van der Waals surface area contributed by atoms with Crippen molar-refractivity contribution in [1.29, 1.82) is 0 Å². The van der Waals surface area contributed by atoms with Gasteiger partial charge < -0.3 is 0 Å². The minimum absolute atomic E-state index is 0.738. The maximum atomic E-state index is 2.73. The van der Waals surface area contributed by atoms with E-state index in [-0.39, 0.29) is 0 Å². The quantitative estimate of drug-likeness (QED) is 0.614. The lowest BCUT2D eigenvalue weighted by Crippen LogP contribution is -2.35. The summed E-state index contributed by atoms with van der Waals surface area (Å²) in [6.07, 6.45) is 9.56. The van der Waals surface area contributed by atoms with Crippen molar-refractivity contribution in [2.24, 2.45) is 5.92 Å². The second-order valence-electron chi connectivity index (χ2n) is 5.44.